The number of benzene rings is 1. The van der Waals surface area contributed by atoms with Gasteiger partial charge in [-0.25, -0.2) is 0 Å². The molecule has 4 heteroatoms. The molecule has 0 aliphatic heterocycles. The van der Waals surface area contributed by atoms with Crippen molar-refractivity contribution in [3.05, 3.63) is 65.5 Å². The van der Waals surface area contributed by atoms with Gasteiger partial charge in [0.15, 0.2) is 0 Å². The van der Waals surface area contributed by atoms with E-state index in [1.54, 1.807) is 36.5 Å². The summed E-state index contributed by atoms with van der Waals surface area (Å²) in [6, 6.07) is 13.2. The fraction of sp³-hybridized carbons (Fsp3) is 0.235. The van der Waals surface area contributed by atoms with Crippen molar-refractivity contribution >= 4 is 5.91 Å². The maximum absolute atomic E-state index is 12.4. The van der Waals surface area contributed by atoms with Crippen LogP contribution in [-0.2, 0) is 12.8 Å². The molecule has 0 bridgehead atoms. The van der Waals surface area contributed by atoms with Crippen LogP contribution in [0, 0.1) is 11.3 Å². The lowest BCUT2D eigenvalue weighted by Gasteiger charge is -2.17. The van der Waals surface area contributed by atoms with Gasteiger partial charge in [0, 0.05) is 31.5 Å². The maximum Gasteiger partial charge on any atom is 0.253 e. The van der Waals surface area contributed by atoms with Crippen LogP contribution in [0.15, 0.2) is 48.8 Å². The summed E-state index contributed by atoms with van der Waals surface area (Å²) in [7, 11) is 1.79. The van der Waals surface area contributed by atoms with Crippen molar-refractivity contribution in [1.29, 1.82) is 5.26 Å². The lowest BCUT2D eigenvalue weighted by Crippen LogP contribution is -2.28. The molecule has 0 saturated carbocycles. The standard InChI is InChI=1S/C17H17N3O/c1-20(12-8-14-6-10-19-11-7-14)17(21)16-4-2-3-15(13-16)5-9-18/h2-4,6-7,10-11,13H,5,8,12H2,1H3. The first kappa shape index (κ1) is 14.7. The Morgan fingerprint density at radius 3 is 2.71 bits per heavy atom. The van der Waals surface area contributed by atoms with Crippen LogP contribution in [0.3, 0.4) is 0 Å². The molecule has 0 unspecified atom stereocenters. The zero-order valence-corrected chi connectivity index (χ0v) is 12.0. The highest BCUT2D eigenvalue weighted by Crippen LogP contribution is 2.09. The highest BCUT2D eigenvalue weighted by molar-refractivity contribution is 5.94. The van der Waals surface area contributed by atoms with E-state index in [0.717, 1.165) is 17.5 Å². The Hall–Kier alpha value is -2.67. The molecule has 0 spiro atoms. The molecule has 0 atom stereocenters. The van der Waals surface area contributed by atoms with Gasteiger partial charge in [-0.05, 0) is 41.8 Å². The molecule has 1 aromatic carbocycles. The fourth-order valence-electron chi connectivity index (χ4n) is 2.07. The largest absolute Gasteiger partial charge is 0.341 e. The van der Waals surface area contributed by atoms with Gasteiger partial charge in [-0.3, -0.25) is 9.78 Å². The molecule has 0 saturated heterocycles. The number of rotatable bonds is 5. The van der Waals surface area contributed by atoms with Crippen LogP contribution in [0.4, 0.5) is 0 Å². The van der Waals surface area contributed by atoms with Gasteiger partial charge in [-0.2, -0.15) is 5.26 Å². The molecule has 2 aromatic rings. The fourth-order valence-corrected chi connectivity index (χ4v) is 2.07. The molecule has 0 radical (unpaired) electrons. The van der Waals surface area contributed by atoms with Crippen molar-refractivity contribution < 1.29 is 4.79 Å². The van der Waals surface area contributed by atoms with Crippen LogP contribution in [-0.4, -0.2) is 29.4 Å². The predicted molar refractivity (Wildman–Crippen MR) is 80.7 cm³/mol. The summed E-state index contributed by atoms with van der Waals surface area (Å²) >= 11 is 0. The second-order valence-electron chi connectivity index (χ2n) is 4.87. The van der Waals surface area contributed by atoms with E-state index in [1.165, 1.54) is 0 Å². The second kappa shape index (κ2) is 7.20. The lowest BCUT2D eigenvalue weighted by molar-refractivity contribution is 0.0796. The molecule has 1 amide bonds. The first-order chi connectivity index (χ1) is 10.2. The number of carbonyl (C=O) groups excluding carboxylic acids is 1. The topological polar surface area (TPSA) is 57.0 Å². The number of amides is 1. The monoisotopic (exact) mass is 279 g/mol. The Bertz CT molecular complexity index is 647. The van der Waals surface area contributed by atoms with E-state index < -0.39 is 0 Å². The van der Waals surface area contributed by atoms with Crippen molar-refractivity contribution in [3.8, 4) is 6.07 Å². The van der Waals surface area contributed by atoms with Crippen LogP contribution in [0.2, 0.25) is 0 Å². The van der Waals surface area contributed by atoms with Gasteiger partial charge < -0.3 is 4.90 Å². The number of nitriles is 1. The zero-order chi connectivity index (χ0) is 15.1. The van der Waals surface area contributed by atoms with Crippen LogP contribution in [0.5, 0.6) is 0 Å². The Morgan fingerprint density at radius 1 is 1.24 bits per heavy atom. The Labute approximate surface area is 124 Å². The molecule has 1 aromatic heterocycles. The Morgan fingerprint density at radius 2 is 2.00 bits per heavy atom. The molecule has 4 nitrogen and oxygen atoms in total. The number of aromatic nitrogens is 1. The average molecular weight is 279 g/mol. The van der Waals surface area contributed by atoms with E-state index in [-0.39, 0.29) is 5.91 Å². The van der Waals surface area contributed by atoms with E-state index in [0.29, 0.717) is 18.5 Å². The number of pyridine rings is 1. The quantitative estimate of drug-likeness (QED) is 0.844. The van der Waals surface area contributed by atoms with E-state index >= 15 is 0 Å². The lowest BCUT2D eigenvalue weighted by atomic mass is 10.1. The van der Waals surface area contributed by atoms with Gasteiger partial charge >= 0.3 is 0 Å². The van der Waals surface area contributed by atoms with E-state index in [2.05, 4.69) is 11.1 Å². The van der Waals surface area contributed by atoms with Crippen LogP contribution in [0.1, 0.15) is 21.5 Å². The Balaban J connectivity index is 1.99. The van der Waals surface area contributed by atoms with E-state index in [1.807, 2.05) is 24.3 Å². The summed E-state index contributed by atoms with van der Waals surface area (Å²) in [4.78, 5) is 18.0. The minimum atomic E-state index is -0.0242. The molecular weight excluding hydrogens is 262 g/mol. The number of hydrogen-bond donors (Lipinski definition) is 0. The molecule has 0 aliphatic rings. The van der Waals surface area contributed by atoms with Crippen molar-refractivity contribution in [3.63, 3.8) is 0 Å². The highest BCUT2D eigenvalue weighted by Gasteiger charge is 2.11. The third kappa shape index (κ3) is 4.15. The summed E-state index contributed by atoms with van der Waals surface area (Å²) < 4.78 is 0. The Kier molecular flexibility index (Phi) is 5.05. The van der Waals surface area contributed by atoms with Crippen molar-refractivity contribution in [2.75, 3.05) is 13.6 Å². The van der Waals surface area contributed by atoms with Gasteiger partial charge in [0.1, 0.15) is 0 Å². The molecule has 0 fully saturated rings. The van der Waals surface area contributed by atoms with Gasteiger partial charge in [0.25, 0.3) is 5.91 Å². The third-order valence-corrected chi connectivity index (χ3v) is 3.29. The minimum absolute atomic E-state index is 0.0242. The minimum Gasteiger partial charge on any atom is -0.341 e. The predicted octanol–water partition coefficient (Wildman–Crippen LogP) is 2.46. The van der Waals surface area contributed by atoms with Crippen LogP contribution < -0.4 is 0 Å². The SMILES string of the molecule is CN(CCc1ccncc1)C(=O)c1cccc(CC#N)c1. The highest BCUT2D eigenvalue weighted by atomic mass is 16.2. The normalized spacial score (nSPS) is 9.90. The van der Waals surface area contributed by atoms with Crippen LogP contribution >= 0.6 is 0 Å². The summed E-state index contributed by atoms with van der Waals surface area (Å²) in [5.41, 5.74) is 2.65. The van der Waals surface area contributed by atoms with Crippen molar-refractivity contribution in [1.82, 2.24) is 9.88 Å². The molecule has 106 valence electrons. The number of likely N-dealkylation sites (N-methyl/N-ethyl adjacent to an activating group) is 1. The molecular formula is C17H17N3O. The van der Waals surface area contributed by atoms with E-state index in [9.17, 15) is 4.79 Å². The van der Waals surface area contributed by atoms with Gasteiger partial charge in [-0.15, -0.1) is 0 Å². The maximum atomic E-state index is 12.4. The van der Waals surface area contributed by atoms with Crippen molar-refractivity contribution in [2.45, 2.75) is 12.8 Å². The summed E-state index contributed by atoms with van der Waals surface area (Å²) in [6.45, 7) is 0.644. The molecule has 1 heterocycles. The molecule has 2 rings (SSSR count). The smallest absolute Gasteiger partial charge is 0.253 e. The van der Waals surface area contributed by atoms with Crippen molar-refractivity contribution in [2.24, 2.45) is 0 Å². The number of nitrogens with zero attached hydrogens (tertiary/aromatic N) is 3. The summed E-state index contributed by atoms with van der Waals surface area (Å²) in [5, 5.41) is 8.72. The summed E-state index contributed by atoms with van der Waals surface area (Å²) in [6.07, 6.45) is 4.62. The van der Waals surface area contributed by atoms with Gasteiger partial charge in [-0.1, -0.05) is 12.1 Å². The van der Waals surface area contributed by atoms with E-state index in [4.69, 9.17) is 5.26 Å². The van der Waals surface area contributed by atoms with Gasteiger partial charge in [0.05, 0.1) is 12.5 Å². The molecule has 0 aliphatic carbocycles. The molecule has 0 N–H and O–H groups in total. The number of carbonyl (C=O) groups is 1. The first-order valence-corrected chi connectivity index (χ1v) is 6.81. The zero-order valence-electron chi connectivity index (χ0n) is 12.0. The summed E-state index contributed by atoms with van der Waals surface area (Å²) in [5.74, 6) is -0.0242. The first-order valence-electron chi connectivity index (χ1n) is 6.81. The average Bonchev–Trinajstić information content (AvgIpc) is 2.53. The van der Waals surface area contributed by atoms with Crippen LogP contribution in [0.25, 0.3) is 0 Å². The second-order valence-corrected chi connectivity index (χ2v) is 4.87. The van der Waals surface area contributed by atoms with Gasteiger partial charge in [0.2, 0.25) is 0 Å². The third-order valence-electron chi connectivity index (χ3n) is 3.29. The number of hydrogen-bond acceptors (Lipinski definition) is 3. The molecule has 21 heavy (non-hydrogen) atoms.